The topological polar surface area (TPSA) is 216 Å². The Labute approximate surface area is 354 Å². The first-order chi connectivity index (χ1) is 28.1. The molecule has 59 heavy (non-hydrogen) atoms. The van der Waals surface area contributed by atoms with Crippen molar-refractivity contribution in [1.82, 2.24) is 0 Å². The number of carbonyl (C=O) groups is 2. The molecule has 0 saturated heterocycles. The lowest BCUT2D eigenvalue weighted by Gasteiger charge is -2.20. The molecular formula is C43H78O14P2. The lowest BCUT2D eigenvalue weighted by Crippen LogP contribution is -2.30. The van der Waals surface area contributed by atoms with E-state index in [4.69, 9.17) is 23.8 Å². The Morgan fingerprint density at radius 2 is 1.08 bits per heavy atom. The highest BCUT2D eigenvalue weighted by Gasteiger charge is 2.28. The highest BCUT2D eigenvalue weighted by atomic mass is 31.2. The third-order valence-corrected chi connectivity index (χ3v) is 10.4. The molecule has 0 amide bonds. The molecular weight excluding hydrogens is 802 g/mol. The van der Waals surface area contributed by atoms with E-state index < -0.39 is 66.2 Å². The van der Waals surface area contributed by atoms with Crippen molar-refractivity contribution in [1.29, 1.82) is 0 Å². The molecule has 344 valence electrons. The number of esters is 2. The van der Waals surface area contributed by atoms with E-state index >= 15 is 0 Å². The Balaban J connectivity index is 4.63. The molecule has 0 aliphatic rings. The number of unbranched alkanes of at least 4 members (excludes halogenated alkanes) is 12. The summed E-state index contributed by atoms with van der Waals surface area (Å²) in [5.74, 6) is -0.346. The third kappa shape index (κ3) is 42.5. The van der Waals surface area contributed by atoms with Gasteiger partial charge in [0.25, 0.3) is 0 Å². The highest BCUT2D eigenvalue weighted by molar-refractivity contribution is 7.47. The average Bonchev–Trinajstić information content (AvgIpc) is 3.18. The van der Waals surface area contributed by atoms with E-state index in [0.717, 1.165) is 70.1 Å². The van der Waals surface area contributed by atoms with E-state index in [0.29, 0.717) is 19.3 Å². The van der Waals surface area contributed by atoms with Gasteiger partial charge >= 0.3 is 27.6 Å². The van der Waals surface area contributed by atoms with Crippen LogP contribution in [0.5, 0.6) is 0 Å². The van der Waals surface area contributed by atoms with Gasteiger partial charge < -0.3 is 34.4 Å². The minimum absolute atomic E-state index is 0.102. The van der Waals surface area contributed by atoms with E-state index in [9.17, 15) is 33.8 Å². The van der Waals surface area contributed by atoms with Gasteiger partial charge in [0.05, 0.1) is 25.9 Å². The van der Waals surface area contributed by atoms with Gasteiger partial charge in [-0.05, 0) is 50.9 Å². The molecule has 0 radical (unpaired) electrons. The molecule has 5 N–H and O–H groups in total. The molecule has 0 aliphatic heterocycles. The monoisotopic (exact) mass is 880 g/mol. The summed E-state index contributed by atoms with van der Waals surface area (Å²) in [6.07, 6.45) is 33.1. The van der Waals surface area contributed by atoms with E-state index in [1.54, 1.807) is 0 Å². The first kappa shape index (κ1) is 57.0. The van der Waals surface area contributed by atoms with Crippen molar-refractivity contribution in [2.24, 2.45) is 5.92 Å². The Hall–Kier alpha value is -1.96. The van der Waals surface area contributed by atoms with E-state index in [1.807, 2.05) is 24.3 Å². The second-order valence-electron chi connectivity index (χ2n) is 15.3. The molecule has 0 rings (SSSR count). The molecule has 0 aromatic heterocycles. The van der Waals surface area contributed by atoms with Crippen LogP contribution in [0.15, 0.2) is 48.6 Å². The van der Waals surface area contributed by atoms with E-state index in [2.05, 4.69) is 54.1 Å². The quantitative estimate of drug-likeness (QED) is 0.0168. The normalized spacial score (nSPS) is 15.1. The SMILES string of the molecule is CCCC[C@H](O)/C=C\C/C=C\C/C=C\C/C=C\CCCC(=O)OC[C@H](COP(=O)(O)OC[C@@H](O)COP(=O)(O)O)OC(=O)CCCCCCCCCCCCCC(C)C. The maximum Gasteiger partial charge on any atom is 0.472 e. The number of allylic oxidation sites excluding steroid dienone is 7. The second-order valence-corrected chi connectivity index (χ2v) is 18.0. The van der Waals surface area contributed by atoms with Crippen molar-refractivity contribution in [3.05, 3.63) is 48.6 Å². The summed E-state index contributed by atoms with van der Waals surface area (Å²) in [4.78, 5) is 52.6. The number of rotatable bonds is 40. The van der Waals surface area contributed by atoms with Gasteiger partial charge in [-0.2, -0.15) is 0 Å². The van der Waals surface area contributed by atoms with Crippen LogP contribution in [-0.4, -0.2) is 81.6 Å². The third-order valence-electron chi connectivity index (χ3n) is 8.96. The second kappa shape index (κ2) is 37.8. The van der Waals surface area contributed by atoms with E-state index in [1.165, 1.54) is 44.9 Å². The van der Waals surface area contributed by atoms with Crippen LogP contribution in [0.3, 0.4) is 0 Å². The zero-order valence-corrected chi connectivity index (χ0v) is 37.9. The molecule has 1 unspecified atom stereocenters. The van der Waals surface area contributed by atoms with Crippen LogP contribution >= 0.6 is 15.6 Å². The first-order valence-electron chi connectivity index (χ1n) is 21.8. The van der Waals surface area contributed by atoms with Crippen molar-refractivity contribution >= 4 is 27.6 Å². The van der Waals surface area contributed by atoms with Crippen LogP contribution in [0.4, 0.5) is 0 Å². The highest BCUT2D eigenvalue weighted by Crippen LogP contribution is 2.43. The van der Waals surface area contributed by atoms with Gasteiger partial charge in [-0.1, -0.05) is 153 Å². The zero-order chi connectivity index (χ0) is 44.0. The molecule has 0 saturated carbocycles. The molecule has 0 aromatic rings. The fourth-order valence-corrected chi connectivity index (χ4v) is 6.76. The molecule has 0 fully saturated rings. The summed E-state index contributed by atoms with van der Waals surface area (Å²) >= 11 is 0. The lowest BCUT2D eigenvalue weighted by atomic mass is 10.0. The maximum atomic E-state index is 12.6. The van der Waals surface area contributed by atoms with E-state index in [-0.39, 0.29) is 18.9 Å². The molecule has 4 atom stereocenters. The van der Waals surface area contributed by atoms with Gasteiger partial charge in [0.1, 0.15) is 12.7 Å². The van der Waals surface area contributed by atoms with Gasteiger partial charge in [-0.15, -0.1) is 0 Å². The summed E-state index contributed by atoms with van der Waals surface area (Å²) < 4.78 is 47.7. The molecule has 0 bridgehead atoms. The summed E-state index contributed by atoms with van der Waals surface area (Å²) in [5.41, 5.74) is 0. The zero-order valence-electron chi connectivity index (χ0n) is 36.1. The molecule has 14 nitrogen and oxygen atoms in total. The van der Waals surface area contributed by atoms with Gasteiger partial charge in [-0.25, -0.2) is 9.13 Å². The Morgan fingerprint density at radius 1 is 0.576 bits per heavy atom. The van der Waals surface area contributed by atoms with Crippen LogP contribution in [0.2, 0.25) is 0 Å². The standard InChI is InChI=1S/C43H78O14P2/c1-4-5-30-39(44)31-26-22-18-14-10-6-7-11-15-19-23-27-32-42(46)53-36-41(37-56-59(51,52)55-35-40(45)34-54-58(48,49)50)57-43(47)33-28-24-20-16-12-8-9-13-17-21-25-29-38(2)3/h6-7,14-15,18-19,26,31,38-41,44-45H,4-5,8-13,16-17,20-25,27-30,32-37H2,1-3H3,(H,51,52)(H2,48,49,50)/b7-6-,18-14-,19-15-,31-26-/t39-,40-,41+/m0/s1. The minimum atomic E-state index is -4.87. The average molecular weight is 881 g/mol. The van der Waals surface area contributed by atoms with Crippen LogP contribution in [0.1, 0.15) is 162 Å². The summed E-state index contributed by atoms with van der Waals surface area (Å²) in [6.45, 7) is 3.83. The van der Waals surface area contributed by atoms with Crippen LogP contribution in [-0.2, 0) is 41.8 Å². The number of phosphoric acid groups is 2. The van der Waals surface area contributed by atoms with Gasteiger partial charge in [0, 0.05) is 12.8 Å². The fraction of sp³-hybridized carbons (Fsp3) is 0.767. The molecule has 0 aliphatic carbocycles. The predicted octanol–water partition coefficient (Wildman–Crippen LogP) is 9.89. The summed E-state index contributed by atoms with van der Waals surface area (Å²) in [5, 5.41) is 19.5. The van der Waals surface area contributed by atoms with Crippen LogP contribution in [0.25, 0.3) is 0 Å². The molecule has 0 spiro atoms. The largest absolute Gasteiger partial charge is 0.472 e. The van der Waals surface area contributed by atoms with Gasteiger partial charge in [0.15, 0.2) is 6.10 Å². The summed E-state index contributed by atoms with van der Waals surface area (Å²) in [6, 6.07) is 0. The number of hydrogen-bond acceptors (Lipinski definition) is 11. The Morgan fingerprint density at radius 3 is 1.66 bits per heavy atom. The van der Waals surface area contributed by atoms with Gasteiger partial charge in [-0.3, -0.25) is 23.2 Å². The lowest BCUT2D eigenvalue weighted by molar-refractivity contribution is -0.161. The number of aliphatic hydroxyl groups excluding tert-OH is 2. The van der Waals surface area contributed by atoms with Crippen LogP contribution < -0.4 is 0 Å². The fourth-order valence-electron chi connectivity index (χ4n) is 5.60. The number of hydrogen-bond donors (Lipinski definition) is 5. The van der Waals surface area contributed by atoms with Crippen molar-refractivity contribution < 1.29 is 66.7 Å². The Kier molecular flexibility index (Phi) is 36.5. The smallest absolute Gasteiger partial charge is 0.462 e. The van der Waals surface area contributed by atoms with Crippen LogP contribution in [0, 0.1) is 5.92 Å². The molecule has 0 heterocycles. The molecule has 16 heteroatoms. The number of ether oxygens (including phenoxy) is 2. The summed E-state index contributed by atoms with van der Waals surface area (Å²) in [7, 11) is -9.70. The predicted molar refractivity (Wildman–Crippen MR) is 231 cm³/mol. The first-order valence-corrected chi connectivity index (χ1v) is 24.8. The van der Waals surface area contributed by atoms with Crippen molar-refractivity contribution in [3.8, 4) is 0 Å². The van der Waals surface area contributed by atoms with Gasteiger partial charge in [0.2, 0.25) is 0 Å². The van der Waals surface area contributed by atoms with Crippen molar-refractivity contribution in [3.63, 3.8) is 0 Å². The Bertz CT molecular complexity index is 1260. The van der Waals surface area contributed by atoms with Crippen molar-refractivity contribution in [2.45, 2.75) is 180 Å². The number of aliphatic hydroxyl groups is 2. The number of phosphoric ester groups is 2. The molecule has 0 aromatic carbocycles. The number of carbonyl (C=O) groups excluding carboxylic acids is 2. The maximum absolute atomic E-state index is 12.6. The minimum Gasteiger partial charge on any atom is -0.462 e. The van der Waals surface area contributed by atoms with Crippen molar-refractivity contribution in [2.75, 3.05) is 26.4 Å².